The van der Waals surface area contributed by atoms with Crippen LogP contribution in [0.4, 0.5) is 0 Å². The van der Waals surface area contributed by atoms with Crippen molar-refractivity contribution in [2.75, 3.05) is 0 Å². The van der Waals surface area contributed by atoms with E-state index in [1.807, 2.05) is 6.08 Å². The highest BCUT2D eigenvalue weighted by Gasteiger charge is 2.20. The summed E-state index contributed by atoms with van der Waals surface area (Å²) in [6.07, 6.45) is 5.44. The highest BCUT2D eigenvalue weighted by atomic mass is 16.1. The molecule has 0 saturated carbocycles. The van der Waals surface area contributed by atoms with Gasteiger partial charge in [-0.3, -0.25) is 4.79 Å². The van der Waals surface area contributed by atoms with Crippen molar-refractivity contribution in [3.05, 3.63) is 12.2 Å². The van der Waals surface area contributed by atoms with Crippen molar-refractivity contribution in [2.45, 2.75) is 26.7 Å². The number of hydrogen-bond acceptors (Lipinski definition) is 1. The minimum atomic E-state index is 0.120. The number of ketones is 1. The molecule has 1 nitrogen and oxygen atoms in total. The Labute approximate surface area is 55.8 Å². The van der Waals surface area contributed by atoms with E-state index in [0.717, 1.165) is 0 Å². The van der Waals surface area contributed by atoms with Crippen molar-refractivity contribution in [1.82, 2.24) is 0 Å². The lowest BCUT2D eigenvalue weighted by atomic mass is 9.82. The summed E-state index contributed by atoms with van der Waals surface area (Å²) in [4.78, 5) is 10.8. The molecule has 0 radical (unpaired) electrons. The number of rotatable bonds is 0. The minimum Gasteiger partial charge on any atom is -0.299 e. The van der Waals surface area contributed by atoms with Gasteiger partial charge >= 0.3 is 0 Å². The average molecular weight is 124 g/mol. The molecule has 0 unspecified atom stereocenters. The molecule has 0 spiro atoms. The summed E-state index contributed by atoms with van der Waals surface area (Å²) in [6, 6.07) is 0. The zero-order valence-corrected chi connectivity index (χ0v) is 5.98. The number of Topliss-reactive ketones (excluding diaryl/α,β-unsaturated/α-hetero) is 1. The summed E-state index contributed by atoms with van der Waals surface area (Å²) < 4.78 is 0. The lowest BCUT2D eigenvalue weighted by Gasteiger charge is -2.21. The van der Waals surface area contributed by atoms with Crippen LogP contribution in [-0.2, 0) is 4.79 Å². The third-order valence-electron chi connectivity index (χ3n) is 1.57. The van der Waals surface area contributed by atoms with Gasteiger partial charge < -0.3 is 0 Å². The Bertz CT molecular complexity index is 154. The van der Waals surface area contributed by atoms with Gasteiger partial charge in [0.1, 0.15) is 5.78 Å². The first-order chi connectivity index (χ1) is 4.10. The van der Waals surface area contributed by atoms with Crippen LogP contribution < -0.4 is 0 Å². The van der Waals surface area contributed by atoms with Crippen LogP contribution in [0.5, 0.6) is 0 Å². The zero-order valence-electron chi connectivity index (χ0n) is 5.98. The van der Waals surface area contributed by atoms with Gasteiger partial charge in [-0.2, -0.15) is 0 Å². The number of carbonyl (C=O) groups is 1. The molecule has 50 valence electrons. The Kier molecular flexibility index (Phi) is 1.43. The maximum Gasteiger partial charge on any atom is 0.137 e. The standard InChI is InChI=1S/C8H12O/c1-8(2)5-3-4-7(9)6-8/h3,5H,4,6H2,1-2H3. The molecule has 0 aromatic rings. The third kappa shape index (κ3) is 1.67. The lowest BCUT2D eigenvalue weighted by molar-refractivity contribution is -0.120. The second kappa shape index (κ2) is 1.98. The van der Waals surface area contributed by atoms with Crippen molar-refractivity contribution >= 4 is 5.78 Å². The van der Waals surface area contributed by atoms with Gasteiger partial charge in [0.05, 0.1) is 0 Å². The molecule has 0 saturated heterocycles. The van der Waals surface area contributed by atoms with Crippen LogP contribution in [0.25, 0.3) is 0 Å². The molecule has 0 bridgehead atoms. The van der Waals surface area contributed by atoms with Crippen molar-refractivity contribution < 1.29 is 4.79 Å². The Balaban J connectivity index is 2.71. The molecule has 0 amide bonds. The predicted octanol–water partition coefficient (Wildman–Crippen LogP) is 1.93. The van der Waals surface area contributed by atoms with Gasteiger partial charge in [-0.05, 0) is 5.41 Å². The van der Waals surface area contributed by atoms with E-state index in [0.29, 0.717) is 18.6 Å². The van der Waals surface area contributed by atoms with Crippen molar-refractivity contribution in [3.63, 3.8) is 0 Å². The van der Waals surface area contributed by atoms with Crippen molar-refractivity contribution in [3.8, 4) is 0 Å². The molecule has 0 fully saturated rings. The van der Waals surface area contributed by atoms with Gasteiger partial charge in [0.25, 0.3) is 0 Å². The third-order valence-corrected chi connectivity index (χ3v) is 1.57. The summed E-state index contributed by atoms with van der Waals surface area (Å²) in [7, 11) is 0. The maximum absolute atomic E-state index is 10.8. The normalized spacial score (nSPS) is 24.4. The van der Waals surface area contributed by atoms with Gasteiger partial charge in [0, 0.05) is 12.8 Å². The average Bonchev–Trinajstić information content (AvgIpc) is 1.60. The molecule has 0 aromatic heterocycles. The SMILES string of the molecule is CC1(C)C=CCC(=O)C1. The summed E-state index contributed by atoms with van der Waals surface area (Å²) in [5, 5.41) is 0. The van der Waals surface area contributed by atoms with E-state index in [-0.39, 0.29) is 5.41 Å². The molecule has 0 aliphatic heterocycles. The highest BCUT2D eigenvalue weighted by molar-refractivity contribution is 5.81. The Morgan fingerprint density at radius 2 is 2.22 bits per heavy atom. The van der Waals surface area contributed by atoms with Crippen molar-refractivity contribution in [2.24, 2.45) is 5.41 Å². The molecule has 0 aromatic carbocycles. The topological polar surface area (TPSA) is 17.1 Å². The smallest absolute Gasteiger partial charge is 0.137 e. The second-order valence-corrected chi connectivity index (χ2v) is 3.31. The van der Waals surface area contributed by atoms with Crippen LogP contribution in [-0.4, -0.2) is 5.78 Å². The summed E-state index contributed by atoms with van der Waals surface area (Å²) in [5.74, 6) is 0.363. The monoisotopic (exact) mass is 124 g/mol. The molecule has 1 aliphatic carbocycles. The van der Waals surface area contributed by atoms with E-state index in [4.69, 9.17) is 0 Å². The first kappa shape index (κ1) is 6.53. The molecular formula is C8H12O. The Morgan fingerprint density at radius 1 is 1.56 bits per heavy atom. The van der Waals surface area contributed by atoms with Gasteiger partial charge in [0.2, 0.25) is 0 Å². The van der Waals surface area contributed by atoms with Gasteiger partial charge in [-0.1, -0.05) is 26.0 Å². The zero-order chi connectivity index (χ0) is 6.91. The van der Waals surface area contributed by atoms with Crippen LogP contribution in [0.3, 0.4) is 0 Å². The molecule has 0 heterocycles. The Morgan fingerprint density at radius 3 is 2.56 bits per heavy atom. The van der Waals surface area contributed by atoms with Crippen LogP contribution in [0, 0.1) is 5.41 Å². The number of carbonyl (C=O) groups excluding carboxylic acids is 1. The number of hydrogen-bond donors (Lipinski definition) is 0. The lowest BCUT2D eigenvalue weighted by Crippen LogP contribution is -2.17. The minimum absolute atomic E-state index is 0.120. The van der Waals surface area contributed by atoms with E-state index in [1.54, 1.807) is 0 Å². The second-order valence-electron chi connectivity index (χ2n) is 3.31. The molecule has 1 aliphatic rings. The molecular weight excluding hydrogens is 112 g/mol. The fourth-order valence-electron chi connectivity index (χ4n) is 1.15. The van der Waals surface area contributed by atoms with Crippen LogP contribution in [0.15, 0.2) is 12.2 Å². The van der Waals surface area contributed by atoms with Crippen LogP contribution in [0.1, 0.15) is 26.7 Å². The summed E-state index contributed by atoms with van der Waals surface area (Å²) in [6.45, 7) is 4.17. The van der Waals surface area contributed by atoms with Gasteiger partial charge in [-0.25, -0.2) is 0 Å². The van der Waals surface area contributed by atoms with Crippen molar-refractivity contribution in [1.29, 1.82) is 0 Å². The fourth-order valence-corrected chi connectivity index (χ4v) is 1.15. The molecule has 0 atom stereocenters. The van der Waals surface area contributed by atoms with Crippen LogP contribution >= 0.6 is 0 Å². The van der Waals surface area contributed by atoms with E-state index < -0.39 is 0 Å². The molecule has 9 heavy (non-hydrogen) atoms. The van der Waals surface area contributed by atoms with Gasteiger partial charge in [-0.15, -0.1) is 0 Å². The molecule has 1 rings (SSSR count). The molecule has 0 N–H and O–H groups in total. The fraction of sp³-hybridized carbons (Fsp3) is 0.625. The van der Waals surface area contributed by atoms with E-state index in [1.165, 1.54) is 0 Å². The summed E-state index contributed by atoms with van der Waals surface area (Å²) >= 11 is 0. The predicted molar refractivity (Wildman–Crippen MR) is 37.2 cm³/mol. The largest absolute Gasteiger partial charge is 0.299 e. The van der Waals surface area contributed by atoms with E-state index in [2.05, 4.69) is 19.9 Å². The van der Waals surface area contributed by atoms with E-state index >= 15 is 0 Å². The first-order valence-electron chi connectivity index (χ1n) is 3.30. The Hall–Kier alpha value is -0.590. The van der Waals surface area contributed by atoms with E-state index in [9.17, 15) is 4.79 Å². The first-order valence-corrected chi connectivity index (χ1v) is 3.30. The van der Waals surface area contributed by atoms with Gasteiger partial charge in [0.15, 0.2) is 0 Å². The van der Waals surface area contributed by atoms with Crippen LogP contribution in [0.2, 0.25) is 0 Å². The summed E-state index contributed by atoms with van der Waals surface area (Å²) in [5.41, 5.74) is 0.120. The molecule has 1 heteroatoms. The maximum atomic E-state index is 10.8. The number of allylic oxidation sites excluding steroid dienone is 2. The highest BCUT2D eigenvalue weighted by Crippen LogP contribution is 2.26. The quantitative estimate of drug-likeness (QED) is 0.451.